The standard InChI is InChI=1S/C10H12N2.C9H11N3.C9H10N2.2C8H9N3.C8H12N2.2C7H10N2.8CH4/c1-6-4-9-7(2)8(3)12-10(9)11-5-6;1-6-4-10-9-11-7(2)8(3)12(9)5-6;1-6-3-8-4-7(2)11-9(8)10-5-6;1-6-3-9-8-10-7(2)5-11(8)4-6;1-6-3-4-7-8(10-6)11(2)5-9-7;1-6-4-7(2)8(9-3)10-5-6;1-5-3-6(2)7(8)9-4-5;1-6-3-4-7(8-2)9-5-6;;;;;;;;/h4-5H,1-3H3,(H,11,12);4-5H,1-3H3;3-5H,1-2H3,(H,10,11);2*3-5H,1-2H3;4-5H,1-3H3,(H,9,10);3-4H,1-2H3,(H2,8,9);3-5H,1-2H3,(H,8,9);8*1H4. The van der Waals surface area contributed by atoms with E-state index in [4.69, 9.17) is 5.73 Å². The number of aromatic nitrogens is 16. The Labute approximate surface area is 558 Å². The molecule has 19 heteroatoms. The molecule has 93 heavy (non-hydrogen) atoms. The molecule has 0 unspecified atom stereocenters. The van der Waals surface area contributed by atoms with Crippen LogP contribution in [0.5, 0.6) is 0 Å². The summed E-state index contributed by atoms with van der Waals surface area (Å²) in [7, 11) is 5.68. The van der Waals surface area contributed by atoms with Crippen molar-refractivity contribution in [3.63, 3.8) is 0 Å². The van der Waals surface area contributed by atoms with E-state index in [1.165, 1.54) is 55.5 Å². The number of nitrogens with one attached hydrogen (secondary N) is 4. The monoisotopic (exact) mass is 1270 g/mol. The zero-order chi connectivity index (χ0) is 62.1. The predicted molar refractivity (Wildman–Crippen MR) is 403 cm³/mol. The number of hydrogen-bond donors (Lipinski definition) is 5. The van der Waals surface area contributed by atoms with Crippen molar-refractivity contribution >= 4 is 62.2 Å². The summed E-state index contributed by atoms with van der Waals surface area (Å²) >= 11 is 0. The van der Waals surface area contributed by atoms with Crippen LogP contribution in [0.25, 0.3) is 44.8 Å². The van der Waals surface area contributed by atoms with Crippen molar-refractivity contribution in [2.24, 2.45) is 7.05 Å². The van der Waals surface area contributed by atoms with Crippen LogP contribution in [0, 0.1) is 111 Å². The average molecular weight is 1270 g/mol. The number of nitrogens with two attached hydrogens (primary N) is 1. The molecule has 0 saturated carbocycles. The van der Waals surface area contributed by atoms with Gasteiger partial charge in [0.1, 0.15) is 34.3 Å². The Bertz CT molecular complexity index is 4110. The number of hydrogen-bond acceptors (Lipinski definition) is 14. The minimum Gasteiger partial charge on any atom is -0.383 e. The second kappa shape index (κ2) is 40.8. The highest BCUT2D eigenvalue weighted by Crippen LogP contribution is 2.20. The van der Waals surface area contributed by atoms with E-state index in [2.05, 4.69) is 141 Å². The van der Waals surface area contributed by atoms with Crippen molar-refractivity contribution in [1.29, 1.82) is 0 Å². The topological polar surface area (TPSA) is 237 Å². The largest absolute Gasteiger partial charge is 0.383 e. The molecule has 0 bridgehead atoms. The van der Waals surface area contributed by atoms with Gasteiger partial charge in [-0.1, -0.05) is 77.6 Å². The maximum atomic E-state index is 5.48. The number of pyridine rings is 6. The van der Waals surface area contributed by atoms with Crippen LogP contribution in [0.15, 0.2) is 123 Å². The number of anilines is 3. The Hall–Kier alpha value is -9.91. The quantitative estimate of drug-likeness (QED) is 0.108. The number of nitrogens with zero attached hydrogens (tertiary/aromatic N) is 14. The van der Waals surface area contributed by atoms with E-state index in [9.17, 15) is 0 Å². The first-order valence-electron chi connectivity index (χ1n) is 28.0. The zero-order valence-electron chi connectivity index (χ0n) is 52.9. The molecule has 0 fully saturated rings. The zero-order valence-corrected chi connectivity index (χ0v) is 52.9. The maximum Gasteiger partial charge on any atom is 0.234 e. The van der Waals surface area contributed by atoms with Crippen LogP contribution < -0.4 is 16.4 Å². The van der Waals surface area contributed by atoms with Crippen LogP contribution in [0.4, 0.5) is 17.5 Å². The summed E-state index contributed by atoms with van der Waals surface area (Å²) in [6.45, 7) is 32.4. The summed E-state index contributed by atoms with van der Waals surface area (Å²) in [6.07, 6.45) is 20.7. The molecule has 19 nitrogen and oxygen atoms in total. The lowest BCUT2D eigenvalue weighted by Gasteiger charge is -2.02. The van der Waals surface area contributed by atoms with Crippen LogP contribution in [-0.2, 0) is 7.05 Å². The van der Waals surface area contributed by atoms with Gasteiger partial charge in [-0.2, -0.15) is 0 Å². The molecule has 0 radical (unpaired) electrons. The number of imidazole rings is 3. The molecule has 6 N–H and O–H groups in total. The van der Waals surface area contributed by atoms with E-state index < -0.39 is 0 Å². The summed E-state index contributed by atoms with van der Waals surface area (Å²) in [5.74, 6) is 4.07. The number of rotatable bonds is 2. The van der Waals surface area contributed by atoms with Gasteiger partial charge in [0.15, 0.2) is 5.65 Å². The molecular weight excluding hydrogens is 1150 g/mol. The van der Waals surface area contributed by atoms with Gasteiger partial charge in [-0.15, -0.1) is 0 Å². The third kappa shape index (κ3) is 25.4. The summed E-state index contributed by atoms with van der Waals surface area (Å²) < 4.78 is 5.87. The van der Waals surface area contributed by atoms with E-state index in [-0.39, 0.29) is 59.4 Å². The first-order chi connectivity index (χ1) is 40.4. The van der Waals surface area contributed by atoms with Gasteiger partial charge >= 0.3 is 0 Å². The smallest absolute Gasteiger partial charge is 0.234 e. The van der Waals surface area contributed by atoms with Crippen molar-refractivity contribution in [2.75, 3.05) is 30.5 Å². The molecule has 13 aromatic rings. The SMILES string of the molecule is C.C.C.C.C.C.C.C.CNc1ccc(C)cn1.CNc1ncc(C)cc1C.Cc1ccc2ncn(C)c2n1.Cc1cnc(N)c(C)c1.Cc1cnc2[nH]c(C)c(C)c2c1.Cc1cnc2[nH]c(C)cc2c1.Cc1cnc2nc(C)c(C)n2c1.Cc1cnc2nc(C)cn2c1. The van der Waals surface area contributed by atoms with Gasteiger partial charge in [0, 0.05) is 117 Å². The lowest BCUT2D eigenvalue weighted by atomic mass is 10.2. The highest BCUT2D eigenvalue weighted by atomic mass is 15.1. The van der Waals surface area contributed by atoms with Crippen molar-refractivity contribution in [2.45, 2.75) is 170 Å². The first kappa shape index (κ1) is 87.3. The lowest BCUT2D eigenvalue weighted by Crippen LogP contribution is -1.94. The van der Waals surface area contributed by atoms with E-state index in [0.717, 1.165) is 90.7 Å². The molecule has 0 aliphatic heterocycles. The van der Waals surface area contributed by atoms with Crippen molar-refractivity contribution < 1.29 is 0 Å². The van der Waals surface area contributed by atoms with Gasteiger partial charge in [0.05, 0.1) is 17.7 Å². The fraction of sp³-hybridized carbons (Fsp3) is 0.365. The van der Waals surface area contributed by atoms with Gasteiger partial charge in [-0.3, -0.25) is 8.80 Å². The second-order valence-electron chi connectivity index (χ2n) is 21.3. The molecule has 13 rings (SSSR count). The summed E-state index contributed by atoms with van der Waals surface area (Å²) in [6, 6.07) is 18.5. The molecule has 0 atom stereocenters. The van der Waals surface area contributed by atoms with E-state index in [0.29, 0.717) is 5.82 Å². The molecule has 0 aromatic carbocycles. The fourth-order valence-electron chi connectivity index (χ4n) is 8.47. The van der Waals surface area contributed by atoms with Crippen LogP contribution in [0.1, 0.15) is 149 Å². The minimum atomic E-state index is 0. The molecular formula is C74H115N19. The summed E-state index contributed by atoms with van der Waals surface area (Å²) in [5.41, 5.74) is 27.8. The Morgan fingerprint density at radius 3 is 1.60 bits per heavy atom. The molecule has 0 saturated heterocycles. The number of nitrogen functional groups attached to an aromatic ring is 1. The van der Waals surface area contributed by atoms with Gasteiger partial charge in [-0.25, -0.2) is 54.8 Å². The number of fused-ring (bicyclic) bond motifs is 5. The van der Waals surface area contributed by atoms with E-state index >= 15 is 0 Å². The molecule has 13 heterocycles. The Morgan fingerprint density at radius 1 is 0.452 bits per heavy atom. The van der Waals surface area contributed by atoms with Crippen LogP contribution in [0.3, 0.4) is 0 Å². The molecule has 506 valence electrons. The molecule has 0 aliphatic carbocycles. The molecule has 0 spiro atoms. The third-order valence-corrected chi connectivity index (χ3v) is 13.3. The summed E-state index contributed by atoms with van der Waals surface area (Å²) in [5, 5.41) is 8.39. The van der Waals surface area contributed by atoms with Gasteiger partial charge in [-0.05, 0) is 203 Å². The minimum absolute atomic E-state index is 0. The van der Waals surface area contributed by atoms with Crippen molar-refractivity contribution in [3.8, 4) is 0 Å². The highest BCUT2D eigenvalue weighted by Gasteiger charge is 2.06. The van der Waals surface area contributed by atoms with Crippen LogP contribution >= 0.6 is 0 Å². The number of H-pyrrole nitrogens is 2. The number of aromatic amines is 2. The third-order valence-electron chi connectivity index (χ3n) is 13.3. The lowest BCUT2D eigenvalue weighted by molar-refractivity contribution is 0.927. The molecule has 0 aliphatic rings. The Morgan fingerprint density at radius 2 is 1.01 bits per heavy atom. The first-order valence-corrected chi connectivity index (χ1v) is 28.0. The van der Waals surface area contributed by atoms with E-state index in [1.54, 1.807) is 12.5 Å². The maximum absolute atomic E-state index is 5.48. The highest BCUT2D eigenvalue weighted by molar-refractivity contribution is 5.81. The van der Waals surface area contributed by atoms with Crippen LogP contribution in [0.2, 0.25) is 0 Å². The fourth-order valence-corrected chi connectivity index (χ4v) is 8.47. The normalized spacial score (nSPS) is 9.45. The van der Waals surface area contributed by atoms with Gasteiger partial charge < -0.3 is 30.9 Å². The molecule has 0 amide bonds. The van der Waals surface area contributed by atoms with Crippen molar-refractivity contribution in [3.05, 3.63) is 213 Å². The van der Waals surface area contributed by atoms with Gasteiger partial charge in [0.25, 0.3) is 0 Å². The molecule has 13 aromatic heterocycles. The second-order valence-corrected chi connectivity index (χ2v) is 21.3. The Balaban J connectivity index is -0.000000985. The van der Waals surface area contributed by atoms with Gasteiger partial charge in [0.2, 0.25) is 11.6 Å². The van der Waals surface area contributed by atoms with E-state index in [1.807, 2.05) is 191 Å². The van der Waals surface area contributed by atoms with Crippen molar-refractivity contribution in [1.82, 2.24) is 78.2 Å². The predicted octanol–water partition coefficient (Wildman–Crippen LogP) is 18.5. The van der Waals surface area contributed by atoms with Crippen LogP contribution in [-0.4, -0.2) is 92.3 Å². The summed E-state index contributed by atoms with van der Waals surface area (Å²) in [4.78, 5) is 52.6. The number of aryl methyl sites for hydroxylation is 17. The Kier molecular flexibility index (Phi) is 38.3. The average Bonchev–Trinajstić information content (AvgIpc) is 1.73.